The van der Waals surface area contributed by atoms with Gasteiger partial charge in [-0.2, -0.15) is 0 Å². The average molecular weight is 412 g/mol. The van der Waals surface area contributed by atoms with Crippen LogP contribution in [0.15, 0.2) is 10.6 Å². The largest absolute Gasteiger partial charge is 0.477 e. The van der Waals surface area contributed by atoms with E-state index < -0.39 is 24.1 Å². The molecule has 1 amide bonds. The summed E-state index contributed by atoms with van der Waals surface area (Å²) in [7, 11) is 0. The van der Waals surface area contributed by atoms with Crippen molar-refractivity contribution in [1.29, 1.82) is 0 Å². The molecule has 3 fully saturated rings. The number of β-lactam (4-membered cyclic amide) rings is 1. The summed E-state index contributed by atoms with van der Waals surface area (Å²) in [5.74, 6) is -1.78. The van der Waals surface area contributed by atoms with Gasteiger partial charge in [-0.05, 0) is 26.3 Å². The maximum absolute atomic E-state index is 12.4. The van der Waals surface area contributed by atoms with Gasteiger partial charge in [0.15, 0.2) is 0 Å². The monoisotopic (exact) mass is 411 g/mol. The molecule has 0 saturated carbocycles. The lowest BCUT2D eigenvalue weighted by atomic mass is 9.79. The van der Waals surface area contributed by atoms with Crippen molar-refractivity contribution in [2.24, 2.45) is 17.8 Å². The number of carboxylic acids is 1. The van der Waals surface area contributed by atoms with Crippen LogP contribution in [0, 0.1) is 17.8 Å². The van der Waals surface area contributed by atoms with Crippen LogP contribution in [0.25, 0.3) is 0 Å². The molecule has 4 heterocycles. The Hall–Kier alpha value is -1.13. The molecule has 0 spiro atoms. The van der Waals surface area contributed by atoms with Crippen LogP contribution in [0.2, 0.25) is 0 Å². The van der Waals surface area contributed by atoms with Crippen LogP contribution in [0.3, 0.4) is 0 Å². The third-order valence-corrected chi connectivity index (χ3v) is 8.23. The number of carbonyl (C=O) groups excluding carboxylic acids is 1. The Morgan fingerprint density at radius 1 is 1.32 bits per heavy atom. The predicted octanol–water partition coefficient (Wildman–Crippen LogP) is -0.426. The molecule has 5 N–H and O–H groups in total. The van der Waals surface area contributed by atoms with Crippen LogP contribution >= 0.6 is 11.8 Å². The Labute approximate surface area is 168 Å². The molecule has 0 aromatic carbocycles. The lowest BCUT2D eigenvalue weighted by molar-refractivity contribution is -0.163. The van der Waals surface area contributed by atoms with Gasteiger partial charge in [-0.15, -0.1) is 11.8 Å². The van der Waals surface area contributed by atoms with Crippen molar-refractivity contribution in [3.63, 3.8) is 0 Å². The number of hydrogen-bond acceptors (Lipinski definition) is 7. The van der Waals surface area contributed by atoms with Gasteiger partial charge in [-0.1, -0.05) is 6.92 Å². The number of thioether (sulfide) groups is 1. The summed E-state index contributed by atoms with van der Waals surface area (Å²) in [6.45, 7) is 6.00. The Morgan fingerprint density at radius 2 is 2.07 bits per heavy atom. The smallest absolute Gasteiger partial charge is 0.353 e. The summed E-state index contributed by atoms with van der Waals surface area (Å²) in [6, 6.07) is -0.265. The Kier molecular flexibility index (Phi) is 5.47. The number of nitrogens with one attached hydrogen (secondary N) is 2. The number of aliphatic hydroxyl groups is 2. The maximum Gasteiger partial charge on any atom is 0.353 e. The van der Waals surface area contributed by atoms with E-state index in [-0.39, 0.29) is 40.8 Å². The molecule has 4 aliphatic rings. The zero-order valence-electron chi connectivity index (χ0n) is 16.2. The van der Waals surface area contributed by atoms with Crippen LogP contribution in [0.5, 0.6) is 0 Å². The van der Waals surface area contributed by atoms with Crippen LogP contribution < -0.4 is 10.6 Å². The average Bonchev–Trinajstić information content (AvgIpc) is 3.35. The second kappa shape index (κ2) is 7.60. The maximum atomic E-state index is 12.4. The molecule has 8 atom stereocenters. The van der Waals surface area contributed by atoms with Gasteiger partial charge in [-0.3, -0.25) is 4.79 Å². The van der Waals surface area contributed by atoms with Crippen LogP contribution in [-0.4, -0.2) is 81.3 Å². The van der Waals surface area contributed by atoms with E-state index >= 15 is 0 Å². The Balaban J connectivity index is 1.47. The summed E-state index contributed by atoms with van der Waals surface area (Å²) in [6.07, 6.45) is 0.547. The molecule has 0 aromatic rings. The summed E-state index contributed by atoms with van der Waals surface area (Å²) < 4.78 is 0. The first kappa shape index (κ1) is 20.2. The second-order valence-electron chi connectivity index (χ2n) is 8.51. The van der Waals surface area contributed by atoms with E-state index in [0.29, 0.717) is 6.54 Å². The molecule has 0 bridgehead atoms. The van der Waals surface area contributed by atoms with E-state index in [1.54, 1.807) is 6.92 Å². The zero-order valence-corrected chi connectivity index (χ0v) is 17.0. The molecule has 4 rings (SSSR count). The highest BCUT2D eigenvalue weighted by molar-refractivity contribution is 8.03. The van der Waals surface area contributed by atoms with Gasteiger partial charge in [0.2, 0.25) is 5.91 Å². The van der Waals surface area contributed by atoms with Crippen LogP contribution in [0.1, 0.15) is 26.7 Å². The molecule has 0 aliphatic carbocycles. The predicted molar refractivity (Wildman–Crippen MR) is 104 cm³/mol. The summed E-state index contributed by atoms with van der Waals surface area (Å²) >= 11 is 1.52. The van der Waals surface area contributed by atoms with Gasteiger partial charge in [-0.25, -0.2) is 4.79 Å². The fourth-order valence-corrected chi connectivity index (χ4v) is 6.73. The minimum absolute atomic E-state index is 0.0110. The first-order chi connectivity index (χ1) is 13.3. The van der Waals surface area contributed by atoms with Crippen molar-refractivity contribution in [1.82, 2.24) is 15.5 Å². The SMILES string of the molecule is CC(O)C1C(=O)N2C(C(=O)O)=C(SC3CNC([C@H](O)C4CCNC4)C3)C(C)[C@H]12. The minimum Gasteiger partial charge on any atom is -0.477 e. The van der Waals surface area contributed by atoms with Crippen molar-refractivity contribution >= 4 is 23.6 Å². The van der Waals surface area contributed by atoms with Gasteiger partial charge >= 0.3 is 5.97 Å². The standard InChI is InChI=1S/C19H29N3O5S/c1-8-14-13(9(2)23)18(25)22(14)15(19(26)27)17(8)28-11-5-12(21-7-11)16(24)10-3-4-20-6-10/h8-14,16,20-21,23-24H,3-7H2,1-2H3,(H,26,27)/t8?,9?,10?,11?,12?,13?,14-,16-/m1/s1. The van der Waals surface area contributed by atoms with Crippen molar-refractivity contribution in [3.8, 4) is 0 Å². The number of carboxylic acid groups (broad SMARTS) is 1. The summed E-state index contributed by atoms with van der Waals surface area (Å²) in [4.78, 5) is 26.4. The number of aliphatic carboxylic acids is 1. The fourth-order valence-electron chi connectivity index (χ4n) is 5.24. The lowest BCUT2D eigenvalue weighted by Crippen LogP contribution is -2.63. The summed E-state index contributed by atoms with van der Waals surface area (Å²) in [5.41, 5.74) is 0.0772. The van der Waals surface area contributed by atoms with Gasteiger partial charge in [0.05, 0.1) is 24.2 Å². The molecule has 8 nitrogen and oxygen atoms in total. The fraction of sp³-hybridized carbons (Fsp3) is 0.789. The summed E-state index contributed by atoms with van der Waals surface area (Å²) in [5, 5.41) is 37.2. The van der Waals surface area contributed by atoms with E-state index in [4.69, 9.17) is 0 Å². The molecular weight excluding hydrogens is 382 g/mol. The third-order valence-electron chi connectivity index (χ3n) is 6.72. The van der Waals surface area contributed by atoms with E-state index in [1.165, 1.54) is 16.7 Å². The molecule has 3 saturated heterocycles. The molecule has 0 aromatic heterocycles. The van der Waals surface area contributed by atoms with Gasteiger partial charge in [0.25, 0.3) is 0 Å². The first-order valence-corrected chi connectivity index (χ1v) is 11.0. The van der Waals surface area contributed by atoms with E-state index in [0.717, 1.165) is 30.8 Å². The van der Waals surface area contributed by atoms with Crippen molar-refractivity contribution in [2.45, 2.75) is 56.2 Å². The highest BCUT2D eigenvalue weighted by Gasteiger charge is 2.60. The lowest BCUT2D eigenvalue weighted by Gasteiger charge is -2.46. The zero-order chi connectivity index (χ0) is 20.2. The molecule has 9 heteroatoms. The quantitative estimate of drug-likeness (QED) is 0.374. The van der Waals surface area contributed by atoms with Gasteiger partial charge in [0, 0.05) is 41.1 Å². The number of nitrogens with zero attached hydrogens (tertiary/aromatic N) is 1. The highest BCUT2D eigenvalue weighted by Crippen LogP contribution is 2.51. The Bertz CT molecular complexity index is 693. The number of fused-ring (bicyclic) bond motifs is 1. The van der Waals surface area contributed by atoms with Gasteiger partial charge in [0.1, 0.15) is 5.70 Å². The van der Waals surface area contributed by atoms with E-state index in [2.05, 4.69) is 10.6 Å². The first-order valence-electron chi connectivity index (χ1n) is 10.1. The molecule has 4 aliphatic heterocycles. The van der Waals surface area contributed by atoms with Crippen molar-refractivity contribution in [3.05, 3.63) is 10.6 Å². The number of rotatable bonds is 6. The molecule has 0 radical (unpaired) electrons. The number of amides is 1. The normalized spacial score (nSPS) is 39.9. The number of hydrogen-bond donors (Lipinski definition) is 5. The highest BCUT2D eigenvalue weighted by atomic mass is 32.2. The number of aliphatic hydroxyl groups excluding tert-OH is 2. The van der Waals surface area contributed by atoms with Gasteiger partial charge < -0.3 is 30.9 Å². The minimum atomic E-state index is -1.09. The van der Waals surface area contributed by atoms with Crippen LogP contribution in [0.4, 0.5) is 0 Å². The molecular formula is C19H29N3O5S. The topological polar surface area (TPSA) is 122 Å². The third kappa shape index (κ3) is 3.17. The van der Waals surface area contributed by atoms with Crippen LogP contribution in [-0.2, 0) is 9.59 Å². The molecule has 6 unspecified atom stereocenters. The van der Waals surface area contributed by atoms with E-state index in [1.807, 2.05) is 6.92 Å². The van der Waals surface area contributed by atoms with E-state index in [9.17, 15) is 24.9 Å². The van der Waals surface area contributed by atoms with Crippen molar-refractivity contribution in [2.75, 3.05) is 19.6 Å². The molecule has 28 heavy (non-hydrogen) atoms. The number of carbonyl (C=O) groups is 2. The Morgan fingerprint density at radius 3 is 2.68 bits per heavy atom. The second-order valence-corrected chi connectivity index (χ2v) is 9.85. The van der Waals surface area contributed by atoms with Crippen molar-refractivity contribution < 1.29 is 24.9 Å². The molecule has 156 valence electrons.